The number of amides is 1. The van der Waals surface area contributed by atoms with E-state index < -0.39 is 17.6 Å². The zero-order valence-electron chi connectivity index (χ0n) is 14.9. The summed E-state index contributed by atoms with van der Waals surface area (Å²) in [4.78, 5) is 16.0. The maximum Gasteiger partial charge on any atom is 0.416 e. The lowest BCUT2D eigenvalue weighted by atomic mass is 10.1. The van der Waals surface area contributed by atoms with Crippen LogP contribution in [-0.4, -0.2) is 25.7 Å². The Morgan fingerprint density at radius 3 is 2.72 bits per heavy atom. The highest BCUT2D eigenvalue weighted by molar-refractivity contribution is 6.01. The van der Waals surface area contributed by atoms with Crippen LogP contribution >= 0.6 is 0 Å². The Labute approximate surface area is 163 Å². The van der Waals surface area contributed by atoms with Gasteiger partial charge in [0.1, 0.15) is 11.5 Å². The second-order valence-electron chi connectivity index (χ2n) is 6.20. The Balaban J connectivity index is 1.64. The van der Waals surface area contributed by atoms with Gasteiger partial charge in [-0.3, -0.25) is 4.79 Å². The first-order chi connectivity index (χ1) is 13.7. The predicted octanol–water partition coefficient (Wildman–Crippen LogP) is 4.01. The molecule has 3 rings (SSSR count). The van der Waals surface area contributed by atoms with Gasteiger partial charge in [-0.05, 0) is 42.0 Å². The lowest BCUT2D eigenvalue weighted by Gasteiger charge is -2.09. The first-order valence-electron chi connectivity index (χ1n) is 8.40. The number of imidazole rings is 1. The van der Waals surface area contributed by atoms with E-state index in [0.29, 0.717) is 5.56 Å². The van der Waals surface area contributed by atoms with E-state index in [1.54, 1.807) is 6.07 Å². The van der Waals surface area contributed by atoms with Crippen LogP contribution in [0.2, 0.25) is 0 Å². The first-order valence-corrected chi connectivity index (χ1v) is 8.40. The molecule has 0 atom stereocenters. The molecule has 0 radical (unpaired) electrons. The van der Waals surface area contributed by atoms with Crippen LogP contribution in [-0.2, 0) is 17.5 Å². The minimum atomic E-state index is -4.42. The maximum absolute atomic E-state index is 12.8. The van der Waals surface area contributed by atoms with Crippen molar-refractivity contribution in [2.45, 2.75) is 12.7 Å². The molecule has 1 aromatic heterocycles. The van der Waals surface area contributed by atoms with Crippen LogP contribution in [0.3, 0.4) is 0 Å². The largest absolute Gasteiger partial charge is 0.508 e. The summed E-state index contributed by atoms with van der Waals surface area (Å²) in [5.41, 5.74) is -0.0337. The highest BCUT2D eigenvalue weighted by Crippen LogP contribution is 2.29. The number of hydrogen-bond donors (Lipinski definition) is 3. The summed E-state index contributed by atoms with van der Waals surface area (Å²) in [5.74, 6) is -0.475. The smallest absolute Gasteiger partial charge is 0.416 e. The highest BCUT2D eigenvalue weighted by Gasteiger charge is 2.30. The standard InChI is InChI=1S/C20H16F3N3O3/c21-20(22,23)15-3-1-2-13(8-15)10-26-11-18(24-12-26)25-19(29)7-4-14-9-16(27)5-6-17(14)28/h1-9,11-12,27-28H,10H2,(H,25,29)/b7-4+. The number of alkyl halides is 3. The van der Waals surface area contributed by atoms with Crippen LogP contribution in [0.5, 0.6) is 11.5 Å². The van der Waals surface area contributed by atoms with Crippen molar-refractivity contribution in [3.63, 3.8) is 0 Å². The fraction of sp³-hybridized carbons (Fsp3) is 0.100. The molecule has 6 nitrogen and oxygen atoms in total. The molecular weight excluding hydrogens is 387 g/mol. The van der Waals surface area contributed by atoms with Gasteiger partial charge < -0.3 is 20.1 Å². The number of carbonyl (C=O) groups excluding carboxylic acids is 1. The van der Waals surface area contributed by atoms with Gasteiger partial charge in [-0.15, -0.1) is 0 Å². The van der Waals surface area contributed by atoms with Gasteiger partial charge in [0.05, 0.1) is 11.9 Å². The molecule has 29 heavy (non-hydrogen) atoms. The molecule has 0 spiro atoms. The van der Waals surface area contributed by atoms with Gasteiger partial charge in [-0.25, -0.2) is 4.98 Å². The van der Waals surface area contributed by atoms with Crippen molar-refractivity contribution in [3.05, 3.63) is 77.8 Å². The van der Waals surface area contributed by atoms with E-state index in [2.05, 4.69) is 10.3 Å². The number of aromatic hydroxyl groups is 2. The minimum absolute atomic E-state index is 0.0591. The topological polar surface area (TPSA) is 87.4 Å². The molecule has 0 bridgehead atoms. The van der Waals surface area contributed by atoms with Crippen LogP contribution < -0.4 is 5.32 Å². The molecule has 0 saturated carbocycles. The van der Waals surface area contributed by atoms with Gasteiger partial charge >= 0.3 is 6.18 Å². The number of benzene rings is 2. The van der Waals surface area contributed by atoms with E-state index in [-0.39, 0.29) is 29.4 Å². The number of phenolic OH excluding ortho intramolecular Hbond substituents is 2. The van der Waals surface area contributed by atoms with E-state index in [9.17, 15) is 28.2 Å². The summed E-state index contributed by atoms with van der Waals surface area (Å²) in [7, 11) is 0. The zero-order chi connectivity index (χ0) is 21.0. The third-order valence-electron chi connectivity index (χ3n) is 3.93. The predicted molar refractivity (Wildman–Crippen MR) is 100 cm³/mol. The molecule has 3 aromatic rings. The molecule has 0 aliphatic carbocycles. The zero-order valence-corrected chi connectivity index (χ0v) is 14.9. The van der Waals surface area contributed by atoms with E-state index in [4.69, 9.17) is 0 Å². The number of hydrogen-bond acceptors (Lipinski definition) is 4. The van der Waals surface area contributed by atoms with Gasteiger partial charge in [-0.2, -0.15) is 13.2 Å². The molecule has 0 aliphatic rings. The number of halogens is 3. The number of rotatable bonds is 5. The summed E-state index contributed by atoms with van der Waals surface area (Å²) < 4.78 is 39.9. The lowest BCUT2D eigenvalue weighted by molar-refractivity contribution is -0.137. The summed E-state index contributed by atoms with van der Waals surface area (Å²) >= 11 is 0. The minimum Gasteiger partial charge on any atom is -0.508 e. The second-order valence-corrected chi connectivity index (χ2v) is 6.20. The van der Waals surface area contributed by atoms with Crippen molar-refractivity contribution in [1.29, 1.82) is 0 Å². The Morgan fingerprint density at radius 1 is 1.17 bits per heavy atom. The van der Waals surface area contributed by atoms with Crippen LogP contribution in [0.15, 0.2) is 61.1 Å². The van der Waals surface area contributed by atoms with E-state index in [1.165, 1.54) is 47.4 Å². The Morgan fingerprint density at radius 2 is 1.97 bits per heavy atom. The molecule has 0 saturated heterocycles. The SMILES string of the molecule is O=C(/C=C/c1cc(O)ccc1O)Nc1cn(Cc2cccc(C(F)(F)F)c2)cn1. The van der Waals surface area contributed by atoms with Crippen LogP contribution in [0, 0.1) is 0 Å². The monoisotopic (exact) mass is 403 g/mol. The van der Waals surface area contributed by atoms with Crippen molar-refractivity contribution >= 4 is 17.8 Å². The summed E-state index contributed by atoms with van der Waals surface area (Å²) in [5, 5.41) is 21.6. The normalized spacial score (nSPS) is 11.7. The van der Waals surface area contributed by atoms with Crippen molar-refractivity contribution in [2.75, 3.05) is 5.32 Å². The van der Waals surface area contributed by atoms with E-state index in [1.807, 2.05) is 0 Å². The quantitative estimate of drug-likeness (QED) is 0.444. The number of anilines is 1. The van der Waals surface area contributed by atoms with Gasteiger partial charge in [0.25, 0.3) is 0 Å². The van der Waals surface area contributed by atoms with Gasteiger partial charge in [0.2, 0.25) is 5.91 Å². The van der Waals surface area contributed by atoms with Gasteiger partial charge in [-0.1, -0.05) is 12.1 Å². The second kappa shape index (κ2) is 8.09. The number of phenols is 2. The molecule has 0 aliphatic heterocycles. The molecule has 2 aromatic carbocycles. The van der Waals surface area contributed by atoms with Crippen molar-refractivity contribution < 1.29 is 28.2 Å². The maximum atomic E-state index is 12.8. The molecule has 3 N–H and O–H groups in total. The lowest BCUT2D eigenvalue weighted by Crippen LogP contribution is -2.08. The highest BCUT2D eigenvalue weighted by atomic mass is 19.4. The summed E-state index contributed by atoms with van der Waals surface area (Å²) in [6, 6.07) is 8.86. The fourth-order valence-corrected chi connectivity index (χ4v) is 2.58. The number of nitrogens with one attached hydrogen (secondary N) is 1. The number of nitrogens with zero attached hydrogens (tertiary/aromatic N) is 2. The first kappa shape index (κ1) is 20.0. The van der Waals surface area contributed by atoms with Crippen molar-refractivity contribution in [1.82, 2.24) is 9.55 Å². The van der Waals surface area contributed by atoms with Gasteiger partial charge in [0, 0.05) is 24.4 Å². The fourth-order valence-electron chi connectivity index (χ4n) is 2.58. The molecule has 9 heteroatoms. The average molecular weight is 403 g/mol. The Kier molecular flexibility index (Phi) is 5.58. The summed E-state index contributed by atoms with van der Waals surface area (Å²) in [6.07, 6.45) is 0.934. The molecule has 1 heterocycles. The number of aromatic nitrogens is 2. The van der Waals surface area contributed by atoms with Gasteiger partial charge in [0.15, 0.2) is 5.82 Å². The Hall–Kier alpha value is -3.75. The molecular formula is C20H16F3N3O3. The van der Waals surface area contributed by atoms with Crippen LogP contribution in [0.25, 0.3) is 6.08 Å². The van der Waals surface area contributed by atoms with Crippen molar-refractivity contribution in [2.24, 2.45) is 0 Å². The van der Waals surface area contributed by atoms with Crippen LogP contribution in [0.4, 0.5) is 19.0 Å². The van der Waals surface area contributed by atoms with E-state index in [0.717, 1.165) is 18.2 Å². The average Bonchev–Trinajstić information content (AvgIpc) is 3.08. The molecule has 1 amide bonds. The van der Waals surface area contributed by atoms with E-state index >= 15 is 0 Å². The third-order valence-corrected chi connectivity index (χ3v) is 3.93. The molecule has 0 unspecified atom stereocenters. The molecule has 150 valence electrons. The molecule has 0 fully saturated rings. The van der Waals surface area contributed by atoms with Crippen molar-refractivity contribution in [3.8, 4) is 11.5 Å². The number of carbonyl (C=O) groups is 1. The van der Waals surface area contributed by atoms with Crippen LogP contribution in [0.1, 0.15) is 16.7 Å². The third kappa shape index (κ3) is 5.38. The summed E-state index contributed by atoms with van der Waals surface area (Å²) in [6.45, 7) is 0.153. The Bertz CT molecular complexity index is 1060.